The van der Waals surface area contributed by atoms with Gasteiger partial charge in [-0.3, -0.25) is 5.10 Å². The molecule has 0 saturated heterocycles. The summed E-state index contributed by atoms with van der Waals surface area (Å²) >= 11 is 0. The fourth-order valence-corrected chi connectivity index (χ4v) is 2.94. The summed E-state index contributed by atoms with van der Waals surface area (Å²) < 4.78 is 0. The smallest absolute Gasteiger partial charge is 0.226 e. The van der Waals surface area contributed by atoms with Crippen LogP contribution in [0.1, 0.15) is 40.0 Å². The van der Waals surface area contributed by atoms with Crippen molar-refractivity contribution in [2.45, 2.75) is 46.1 Å². The molecule has 0 amide bonds. The summed E-state index contributed by atoms with van der Waals surface area (Å²) in [5, 5.41) is 14.7. The van der Waals surface area contributed by atoms with Crippen molar-refractivity contribution in [3.05, 3.63) is 6.20 Å². The molecule has 0 spiro atoms. The Morgan fingerprint density at radius 2 is 2.25 bits per heavy atom. The first-order valence-electron chi connectivity index (χ1n) is 7.31. The Bertz CT molecular complexity index is 603. The van der Waals surface area contributed by atoms with Gasteiger partial charge in [-0.1, -0.05) is 20.3 Å². The van der Waals surface area contributed by atoms with Gasteiger partial charge in [0.25, 0.3) is 0 Å². The molecule has 1 atom stereocenters. The van der Waals surface area contributed by atoms with Gasteiger partial charge in [-0.05, 0) is 25.2 Å². The topological polar surface area (TPSA) is 78.5 Å². The van der Waals surface area contributed by atoms with E-state index in [2.05, 4.69) is 44.6 Å². The second kappa shape index (κ2) is 4.92. The van der Waals surface area contributed by atoms with E-state index < -0.39 is 0 Å². The minimum absolute atomic E-state index is 0.305. The van der Waals surface area contributed by atoms with Crippen LogP contribution >= 0.6 is 0 Å². The van der Waals surface area contributed by atoms with Crippen molar-refractivity contribution in [3.8, 4) is 0 Å². The second-order valence-electron chi connectivity index (χ2n) is 6.14. The summed E-state index contributed by atoms with van der Waals surface area (Å²) in [7, 11) is 0. The highest BCUT2D eigenvalue weighted by atomic mass is 15.2. The summed E-state index contributed by atoms with van der Waals surface area (Å²) in [6.45, 7) is 7.47. The van der Waals surface area contributed by atoms with E-state index in [0.29, 0.717) is 17.4 Å². The minimum Gasteiger partial charge on any atom is -0.366 e. The van der Waals surface area contributed by atoms with E-state index >= 15 is 0 Å². The van der Waals surface area contributed by atoms with Gasteiger partial charge < -0.3 is 10.6 Å². The lowest BCUT2D eigenvalue weighted by molar-refractivity contribution is 0.349. The fraction of sp³-hybridized carbons (Fsp3) is 0.643. The van der Waals surface area contributed by atoms with Crippen LogP contribution < -0.4 is 10.6 Å². The summed E-state index contributed by atoms with van der Waals surface area (Å²) in [4.78, 5) is 9.01. The molecule has 3 N–H and O–H groups in total. The van der Waals surface area contributed by atoms with Crippen LogP contribution in [0, 0.1) is 5.41 Å². The summed E-state index contributed by atoms with van der Waals surface area (Å²) in [5.74, 6) is 1.52. The highest BCUT2D eigenvalue weighted by molar-refractivity contribution is 5.87. The zero-order valence-electron chi connectivity index (χ0n) is 12.3. The number of nitrogens with one attached hydrogen (secondary N) is 3. The Morgan fingerprint density at radius 3 is 2.95 bits per heavy atom. The molecule has 1 unspecified atom stereocenters. The third-order valence-corrected chi connectivity index (χ3v) is 4.21. The largest absolute Gasteiger partial charge is 0.366 e. The average molecular weight is 274 g/mol. The van der Waals surface area contributed by atoms with Crippen LogP contribution in [0.25, 0.3) is 11.0 Å². The lowest BCUT2D eigenvalue weighted by Gasteiger charge is -2.28. The van der Waals surface area contributed by atoms with Crippen molar-refractivity contribution < 1.29 is 0 Å². The standard InChI is InChI=1S/C14H22N6/c1-4-15-13-18-11(9-8-16-20-12(9)19-13)17-10-6-5-7-14(10,2)3/h8,10H,4-7H2,1-3H3,(H3,15,16,17,18,19,20). The molecule has 1 saturated carbocycles. The maximum absolute atomic E-state index is 4.60. The number of aromatic nitrogens is 4. The predicted molar refractivity (Wildman–Crippen MR) is 80.9 cm³/mol. The quantitative estimate of drug-likeness (QED) is 0.799. The third-order valence-electron chi connectivity index (χ3n) is 4.21. The van der Waals surface area contributed by atoms with Gasteiger partial charge in [-0.25, -0.2) is 0 Å². The summed E-state index contributed by atoms with van der Waals surface area (Å²) in [6.07, 6.45) is 5.50. The molecule has 0 radical (unpaired) electrons. The molecule has 20 heavy (non-hydrogen) atoms. The van der Waals surface area contributed by atoms with Crippen molar-refractivity contribution >= 4 is 22.8 Å². The molecule has 6 heteroatoms. The molecule has 1 fully saturated rings. The highest BCUT2D eigenvalue weighted by Gasteiger charge is 2.35. The zero-order valence-corrected chi connectivity index (χ0v) is 12.3. The Hall–Kier alpha value is -1.85. The number of aromatic amines is 1. The molecule has 6 nitrogen and oxygen atoms in total. The van der Waals surface area contributed by atoms with E-state index in [0.717, 1.165) is 23.4 Å². The lowest BCUT2D eigenvalue weighted by Crippen LogP contribution is -2.31. The Labute approximate surface area is 118 Å². The molecule has 2 aromatic heterocycles. The Kier molecular flexibility index (Phi) is 3.23. The van der Waals surface area contributed by atoms with Gasteiger partial charge in [0.05, 0.1) is 11.6 Å². The van der Waals surface area contributed by atoms with Crippen LogP contribution in [0.3, 0.4) is 0 Å². The van der Waals surface area contributed by atoms with Gasteiger partial charge in [-0.15, -0.1) is 0 Å². The first kappa shape index (κ1) is 13.1. The molecule has 0 aromatic carbocycles. The normalized spacial score (nSPS) is 21.2. The molecule has 0 bridgehead atoms. The van der Waals surface area contributed by atoms with Gasteiger partial charge in [0.2, 0.25) is 5.95 Å². The maximum atomic E-state index is 4.60. The van der Waals surface area contributed by atoms with Crippen molar-refractivity contribution in [2.24, 2.45) is 5.41 Å². The summed E-state index contributed by atoms with van der Waals surface area (Å²) in [5.41, 5.74) is 1.08. The van der Waals surface area contributed by atoms with E-state index in [-0.39, 0.29) is 0 Å². The van der Waals surface area contributed by atoms with E-state index in [9.17, 15) is 0 Å². The third kappa shape index (κ3) is 2.30. The van der Waals surface area contributed by atoms with E-state index in [1.807, 2.05) is 6.92 Å². The zero-order chi connectivity index (χ0) is 14.2. The van der Waals surface area contributed by atoms with Gasteiger partial charge in [0, 0.05) is 12.6 Å². The van der Waals surface area contributed by atoms with Crippen LogP contribution in [0.4, 0.5) is 11.8 Å². The molecular weight excluding hydrogens is 252 g/mol. The number of H-pyrrole nitrogens is 1. The molecule has 108 valence electrons. The number of anilines is 2. The maximum Gasteiger partial charge on any atom is 0.226 e. The number of fused-ring (bicyclic) bond motifs is 1. The van der Waals surface area contributed by atoms with Gasteiger partial charge in [0.1, 0.15) is 5.82 Å². The van der Waals surface area contributed by atoms with Crippen molar-refractivity contribution in [1.29, 1.82) is 0 Å². The van der Waals surface area contributed by atoms with Gasteiger partial charge >= 0.3 is 0 Å². The number of nitrogens with zero attached hydrogens (tertiary/aromatic N) is 3. The van der Waals surface area contributed by atoms with Crippen molar-refractivity contribution in [3.63, 3.8) is 0 Å². The van der Waals surface area contributed by atoms with E-state index in [4.69, 9.17) is 0 Å². The highest BCUT2D eigenvalue weighted by Crippen LogP contribution is 2.39. The molecule has 3 rings (SSSR count). The average Bonchev–Trinajstić information content (AvgIpc) is 2.97. The summed E-state index contributed by atoms with van der Waals surface area (Å²) in [6, 6.07) is 0.449. The molecule has 1 aliphatic rings. The number of hydrogen-bond donors (Lipinski definition) is 3. The predicted octanol–water partition coefficient (Wildman–Crippen LogP) is 2.78. The second-order valence-corrected chi connectivity index (χ2v) is 6.14. The van der Waals surface area contributed by atoms with Crippen molar-refractivity contribution in [2.75, 3.05) is 17.2 Å². The first-order valence-corrected chi connectivity index (χ1v) is 7.31. The number of rotatable bonds is 4. The molecule has 2 heterocycles. The SMILES string of the molecule is CCNc1nc(NC2CCCC2(C)C)c2cn[nH]c2n1. The van der Waals surface area contributed by atoms with Crippen LogP contribution in [-0.2, 0) is 0 Å². The minimum atomic E-state index is 0.305. The van der Waals surface area contributed by atoms with Gasteiger partial charge in [0.15, 0.2) is 5.65 Å². The first-order chi connectivity index (χ1) is 9.60. The van der Waals surface area contributed by atoms with Crippen LogP contribution in [0.2, 0.25) is 0 Å². The monoisotopic (exact) mass is 274 g/mol. The van der Waals surface area contributed by atoms with E-state index in [1.54, 1.807) is 6.20 Å². The fourth-order valence-electron chi connectivity index (χ4n) is 2.94. The van der Waals surface area contributed by atoms with Crippen LogP contribution in [0.5, 0.6) is 0 Å². The van der Waals surface area contributed by atoms with Crippen molar-refractivity contribution in [1.82, 2.24) is 20.2 Å². The Balaban J connectivity index is 1.95. The molecule has 1 aliphatic carbocycles. The lowest BCUT2D eigenvalue weighted by atomic mass is 9.87. The van der Waals surface area contributed by atoms with Crippen LogP contribution in [0.15, 0.2) is 6.20 Å². The van der Waals surface area contributed by atoms with Crippen LogP contribution in [-0.4, -0.2) is 32.8 Å². The van der Waals surface area contributed by atoms with E-state index in [1.165, 1.54) is 19.3 Å². The molecule has 2 aromatic rings. The van der Waals surface area contributed by atoms with Gasteiger partial charge in [-0.2, -0.15) is 15.1 Å². The molecular formula is C14H22N6. The Morgan fingerprint density at radius 1 is 1.40 bits per heavy atom. The molecule has 0 aliphatic heterocycles. The number of hydrogen-bond acceptors (Lipinski definition) is 5.